The molecule has 0 radical (unpaired) electrons. The quantitative estimate of drug-likeness (QED) is 0.690. The number of amides is 1. The van der Waals surface area contributed by atoms with Gasteiger partial charge in [-0.3, -0.25) is 4.79 Å². The topological polar surface area (TPSA) is 87.0 Å². The molecule has 18 heavy (non-hydrogen) atoms. The van der Waals surface area contributed by atoms with Crippen LogP contribution >= 0.6 is 0 Å². The third kappa shape index (κ3) is 3.19. The fourth-order valence-electron chi connectivity index (χ4n) is 1.78. The number of hydrogen-bond acceptors (Lipinski definition) is 4. The van der Waals surface area contributed by atoms with Crippen LogP contribution in [0.15, 0.2) is 0 Å². The Hall–Kier alpha value is -0.700. The highest BCUT2D eigenvalue weighted by molar-refractivity contribution is 7.86. The largest absolute Gasteiger partial charge is 0.339 e. The Bertz CT molecular complexity index is 388. The van der Waals surface area contributed by atoms with E-state index >= 15 is 0 Å². The molecule has 1 saturated heterocycles. The fourth-order valence-corrected chi connectivity index (χ4v) is 2.87. The zero-order chi connectivity index (χ0) is 13.9. The van der Waals surface area contributed by atoms with Crippen molar-refractivity contribution in [1.29, 1.82) is 0 Å². The molecule has 1 atom stereocenters. The molecule has 0 aromatic carbocycles. The fraction of sp³-hybridized carbons (Fsp3) is 0.900. The lowest BCUT2D eigenvalue weighted by Gasteiger charge is -2.36. The summed E-state index contributed by atoms with van der Waals surface area (Å²) in [7, 11) is -0.378. The number of rotatable bonds is 4. The van der Waals surface area contributed by atoms with E-state index in [1.807, 2.05) is 6.92 Å². The SMILES string of the molecule is CC[C@H](N)C(=O)N1CCN(S(=O)(=O)N(C)C)CC1. The first-order chi connectivity index (χ1) is 8.30. The first-order valence-corrected chi connectivity index (χ1v) is 7.42. The summed E-state index contributed by atoms with van der Waals surface area (Å²) in [6.07, 6.45) is 0.592. The van der Waals surface area contributed by atoms with Crippen molar-refractivity contribution in [2.45, 2.75) is 19.4 Å². The standard InChI is InChI=1S/C10H22N4O3S/c1-4-9(11)10(15)13-5-7-14(8-6-13)18(16,17)12(2)3/h9H,4-8,11H2,1-3H3/t9-/m0/s1. The van der Waals surface area contributed by atoms with Crippen LogP contribution in [0.2, 0.25) is 0 Å². The molecular weight excluding hydrogens is 256 g/mol. The summed E-state index contributed by atoms with van der Waals surface area (Å²) in [5.74, 6) is -0.0978. The van der Waals surface area contributed by atoms with E-state index in [0.717, 1.165) is 0 Å². The molecule has 0 spiro atoms. The third-order valence-electron chi connectivity index (χ3n) is 3.10. The predicted molar refractivity (Wildman–Crippen MR) is 69.0 cm³/mol. The number of nitrogens with zero attached hydrogens (tertiary/aromatic N) is 3. The zero-order valence-corrected chi connectivity index (χ0v) is 12.0. The van der Waals surface area contributed by atoms with Gasteiger partial charge in [0.15, 0.2) is 0 Å². The molecule has 0 unspecified atom stereocenters. The van der Waals surface area contributed by atoms with Crippen LogP contribution in [0.3, 0.4) is 0 Å². The van der Waals surface area contributed by atoms with E-state index in [1.54, 1.807) is 4.90 Å². The Morgan fingerprint density at radius 2 is 1.78 bits per heavy atom. The summed E-state index contributed by atoms with van der Waals surface area (Å²) in [5, 5.41) is 0. The molecule has 2 N–H and O–H groups in total. The maximum Gasteiger partial charge on any atom is 0.281 e. The second kappa shape index (κ2) is 5.96. The summed E-state index contributed by atoms with van der Waals surface area (Å²) >= 11 is 0. The highest BCUT2D eigenvalue weighted by Crippen LogP contribution is 2.10. The van der Waals surface area contributed by atoms with Gasteiger partial charge in [-0.15, -0.1) is 0 Å². The summed E-state index contributed by atoms with van der Waals surface area (Å²) in [6.45, 7) is 3.31. The summed E-state index contributed by atoms with van der Waals surface area (Å²) < 4.78 is 26.3. The van der Waals surface area contributed by atoms with Crippen LogP contribution in [0.1, 0.15) is 13.3 Å². The van der Waals surface area contributed by atoms with Gasteiger partial charge in [0.2, 0.25) is 5.91 Å². The summed E-state index contributed by atoms with van der Waals surface area (Å²) in [4.78, 5) is 13.5. The van der Waals surface area contributed by atoms with Crippen molar-refractivity contribution in [3.05, 3.63) is 0 Å². The lowest BCUT2D eigenvalue weighted by molar-refractivity contribution is -0.133. The minimum atomic E-state index is -3.38. The normalized spacial score (nSPS) is 20.2. The van der Waals surface area contributed by atoms with Gasteiger partial charge in [0, 0.05) is 40.3 Å². The highest BCUT2D eigenvalue weighted by Gasteiger charge is 2.31. The number of carbonyl (C=O) groups is 1. The monoisotopic (exact) mass is 278 g/mol. The molecule has 0 aliphatic carbocycles. The second-order valence-corrected chi connectivity index (χ2v) is 6.67. The average molecular weight is 278 g/mol. The minimum Gasteiger partial charge on any atom is -0.339 e. The number of nitrogens with two attached hydrogens (primary N) is 1. The predicted octanol–water partition coefficient (Wildman–Crippen LogP) is -1.33. The first-order valence-electron chi connectivity index (χ1n) is 6.02. The van der Waals surface area contributed by atoms with Crippen LogP contribution in [0.4, 0.5) is 0 Å². The first kappa shape index (κ1) is 15.4. The highest BCUT2D eigenvalue weighted by atomic mass is 32.2. The minimum absolute atomic E-state index is 0.0978. The molecule has 1 aliphatic rings. The van der Waals surface area contributed by atoms with Gasteiger partial charge >= 0.3 is 0 Å². The van der Waals surface area contributed by atoms with E-state index < -0.39 is 16.3 Å². The van der Waals surface area contributed by atoms with Crippen LogP contribution in [0, 0.1) is 0 Å². The van der Waals surface area contributed by atoms with E-state index in [-0.39, 0.29) is 5.91 Å². The van der Waals surface area contributed by atoms with E-state index in [0.29, 0.717) is 32.6 Å². The van der Waals surface area contributed by atoms with Gasteiger partial charge in [-0.1, -0.05) is 6.92 Å². The maximum atomic E-state index is 11.9. The molecule has 1 rings (SSSR count). The van der Waals surface area contributed by atoms with Gasteiger partial charge < -0.3 is 10.6 Å². The van der Waals surface area contributed by atoms with Gasteiger partial charge in [0.1, 0.15) is 0 Å². The Balaban J connectivity index is 2.59. The summed E-state index contributed by atoms with van der Waals surface area (Å²) in [6, 6.07) is -0.484. The molecule has 7 nitrogen and oxygen atoms in total. The van der Waals surface area contributed by atoms with Crippen molar-refractivity contribution >= 4 is 16.1 Å². The van der Waals surface area contributed by atoms with Gasteiger partial charge in [-0.25, -0.2) is 0 Å². The lowest BCUT2D eigenvalue weighted by atomic mass is 10.2. The van der Waals surface area contributed by atoms with Gasteiger partial charge in [0.05, 0.1) is 6.04 Å². The van der Waals surface area contributed by atoms with Gasteiger partial charge in [-0.05, 0) is 6.42 Å². The van der Waals surface area contributed by atoms with Crippen LogP contribution in [-0.2, 0) is 15.0 Å². The van der Waals surface area contributed by atoms with E-state index in [2.05, 4.69) is 0 Å². The Kier molecular flexibility index (Phi) is 5.09. The van der Waals surface area contributed by atoms with Crippen LogP contribution in [-0.4, -0.2) is 74.2 Å². The molecule has 1 amide bonds. The van der Waals surface area contributed by atoms with Crippen molar-refractivity contribution in [3.63, 3.8) is 0 Å². The van der Waals surface area contributed by atoms with E-state index in [4.69, 9.17) is 5.73 Å². The van der Waals surface area contributed by atoms with Crippen molar-refractivity contribution in [2.75, 3.05) is 40.3 Å². The Labute approximate surface area is 109 Å². The Morgan fingerprint density at radius 1 is 1.28 bits per heavy atom. The smallest absolute Gasteiger partial charge is 0.281 e. The Morgan fingerprint density at radius 3 is 2.17 bits per heavy atom. The van der Waals surface area contributed by atoms with Crippen LogP contribution < -0.4 is 5.73 Å². The number of carbonyl (C=O) groups excluding carboxylic acids is 1. The third-order valence-corrected chi connectivity index (χ3v) is 5.04. The molecule has 0 aromatic rings. The van der Waals surface area contributed by atoms with Gasteiger partial charge in [-0.2, -0.15) is 17.0 Å². The average Bonchev–Trinajstić information content (AvgIpc) is 2.36. The van der Waals surface area contributed by atoms with Crippen LogP contribution in [0.25, 0.3) is 0 Å². The van der Waals surface area contributed by atoms with Crippen molar-refractivity contribution < 1.29 is 13.2 Å². The van der Waals surface area contributed by atoms with Crippen molar-refractivity contribution in [1.82, 2.24) is 13.5 Å². The molecule has 0 aromatic heterocycles. The van der Waals surface area contributed by atoms with Crippen LogP contribution in [0.5, 0.6) is 0 Å². The second-order valence-electron chi connectivity index (χ2n) is 4.53. The van der Waals surface area contributed by atoms with E-state index in [9.17, 15) is 13.2 Å². The molecule has 8 heteroatoms. The van der Waals surface area contributed by atoms with Crippen molar-refractivity contribution in [2.24, 2.45) is 5.73 Å². The van der Waals surface area contributed by atoms with E-state index in [1.165, 1.54) is 22.7 Å². The molecular formula is C10H22N4O3S. The lowest BCUT2D eigenvalue weighted by Crippen LogP contribution is -2.55. The summed E-state index contributed by atoms with van der Waals surface area (Å²) in [5.41, 5.74) is 5.68. The van der Waals surface area contributed by atoms with Gasteiger partial charge in [0.25, 0.3) is 10.2 Å². The maximum absolute atomic E-state index is 11.9. The molecule has 1 fully saturated rings. The zero-order valence-electron chi connectivity index (χ0n) is 11.2. The van der Waals surface area contributed by atoms with Crippen molar-refractivity contribution in [3.8, 4) is 0 Å². The molecule has 0 bridgehead atoms. The molecule has 1 aliphatic heterocycles. The molecule has 106 valence electrons. The molecule has 1 heterocycles. The molecule has 0 saturated carbocycles. The number of hydrogen-bond donors (Lipinski definition) is 1. The number of piperazine rings is 1.